The monoisotopic (exact) mass is 523 g/mol. The second-order valence-electron chi connectivity index (χ2n) is 9.53. The molecule has 0 saturated carbocycles. The fourth-order valence-electron chi connectivity index (χ4n) is 5.99. The number of Topliss-reactive ketones (excluding diaryl/α,β-unsaturated/α-hetero) is 1. The first-order chi connectivity index (χ1) is 18.8. The molecule has 3 aliphatic heterocycles. The summed E-state index contributed by atoms with van der Waals surface area (Å²) in [4.78, 5) is 68.1. The van der Waals surface area contributed by atoms with Gasteiger partial charge in [0.05, 0.1) is 41.2 Å². The molecule has 0 N–H and O–H groups in total. The Morgan fingerprint density at radius 1 is 0.923 bits per heavy atom. The van der Waals surface area contributed by atoms with E-state index >= 15 is 0 Å². The number of para-hydroxylation sites is 1. The summed E-state index contributed by atoms with van der Waals surface area (Å²) < 4.78 is 4.87. The van der Waals surface area contributed by atoms with Crippen LogP contribution in [-0.2, 0) is 14.3 Å². The zero-order valence-electron chi connectivity index (χ0n) is 20.6. The molecule has 39 heavy (non-hydrogen) atoms. The number of benzene rings is 3. The minimum absolute atomic E-state index is 0.0454. The average Bonchev–Trinajstić information content (AvgIpc) is 3.44. The van der Waals surface area contributed by atoms with Crippen molar-refractivity contribution >= 4 is 41.0 Å². The normalized spacial score (nSPS) is 22.8. The number of methoxy groups -OCH3 is 1. The highest BCUT2D eigenvalue weighted by Crippen LogP contribution is 2.54. The quantitative estimate of drug-likeness (QED) is 0.163. The van der Waals surface area contributed by atoms with Crippen molar-refractivity contribution in [3.05, 3.63) is 111 Å². The van der Waals surface area contributed by atoms with Crippen molar-refractivity contribution in [2.24, 2.45) is 11.8 Å². The van der Waals surface area contributed by atoms with Gasteiger partial charge in [0.25, 0.3) is 5.69 Å². The van der Waals surface area contributed by atoms with Crippen molar-refractivity contribution < 1.29 is 28.8 Å². The smallest absolute Gasteiger partial charge is 0.339 e. The predicted octanol–water partition coefficient (Wildman–Crippen LogP) is 3.78. The Bertz CT molecular complexity index is 1610. The van der Waals surface area contributed by atoms with Gasteiger partial charge in [-0.1, -0.05) is 48.5 Å². The van der Waals surface area contributed by atoms with Crippen molar-refractivity contribution in [2.75, 3.05) is 12.0 Å². The molecule has 0 spiro atoms. The third-order valence-electron chi connectivity index (χ3n) is 7.62. The van der Waals surface area contributed by atoms with E-state index in [2.05, 4.69) is 0 Å². The van der Waals surface area contributed by atoms with Crippen LogP contribution in [0.3, 0.4) is 0 Å². The predicted molar refractivity (Wildman–Crippen MR) is 139 cm³/mol. The lowest BCUT2D eigenvalue weighted by Gasteiger charge is -2.35. The third kappa shape index (κ3) is 3.56. The molecule has 3 aromatic carbocycles. The number of ether oxygens (including phenoxy) is 1. The van der Waals surface area contributed by atoms with E-state index in [0.717, 1.165) is 16.0 Å². The summed E-state index contributed by atoms with van der Waals surface area (Å²) in [5.41, 5.74) is 1.58. The molecule has 0 bridgehead atoms. The molecule has 10 nitrogen and oxygen atoms in total. The molecule has 0 aliphatic carbocycles. The summed E-state index contributed by atoms with van der Waals surface area (Å²) in [5.74, 6) is -4.39. The number of non-ortho nitro benzene ring substituents is 1. The molecule has 6 rings (SSSR count). The molecular formula is C29H21N3O7. The van der Waals surface area contributed by atoms with E-state index in [9.17, 15) is 29.3 Å². The number of fused-ring (bicyclic) bond motifs is 5. The van der Waals surface area contributed by atoms with Crippen molar-refractivity contribution in [3.63, 3.8) is 0 Å². The number of esters is 1. The molecule has 2 fully saturated rings. The Balaban J connectivity index is 1.51. The third-order valence-corrected chi connectivity index (χ3v) is 7.62. The molecule has 4 atom stereocenters. The minimum atomic E-state index is -1.10. The van der Waals surface area contributed by atoms with Gasteiger partial charge in [-0.3, -0.25) is 24.5 Å². The number of rotatable bonds is 5. The Hall–Kier alpha value is -5.12. The number of carbonyl (C=O) groups excluding carboxylic acids is 4. The van der Waals surface area contributed by atoms with E-state index in [1.807, 2.05) is 30.3 Å². The highest BCUT2D eigenvalue weighted by Gasteiger charge is 2.64. The largest absolute Gasteiger partial charge is 0.465 e. The number of anilines is 1. The van der Waals surface area contributed by atoms with Crippen LogP contribution in [0.15, 0.2) is 79.0 Å². The average molecular weight is 524 g/mol. The first kappa shape index (κ1) is 24.2. The maximum atomic E-state index is 14.1. The van der Waals surface area contributed by atoms with E-state index in [4.69, 9.17) is 4.74 Å². The van der Waals surface area contributed by atoms with E-state index in [-0.39, 0.29) is 22.5 Å². The topological polar surface area (TPSA) is 127 Å². The molecule has 0 aromatic heterocycles. The first-order valence-corrected chi connectivity index (χ1v) is 12.2. The van der Waals surface area contributed by atoms with Gasteiger partial charge in [0.15, 0.2) is 5.78 Å². The van der Waals surface area contributed by atoms with E-state index in [1.54, 1.807) is 23.2 Å². The van der Waals surface area contributed by atoms with Crippen LogP contribution in [-0.4, -0.2) is 46.5 Å². The number of imide groups is 1. The number of hydrogen-bond acceptors (Lipinski definition) is 8. The highest BCUT2D eigenvalue weighted by atomic mass is 16.6. The minimum Gasteiger partial charge on any atom is -0.465 e. The van der Waals surface area contributed by atoms with Crippen LogP contribution in [0.1, 0.15) is 37.9 Å². The number of carbonyl (C=O) groups is 4. The van der Waals surface area contributed by atoms with E-state index in [0.29, 0.717) is 0 Å². The molecule has 194 valence electrons. The molecular weight excluding hydrogens is 502 g/mol. The molecule has 2 saturated heterocycles. The van der Waals surface area contributed by atoms with Crippen LogP contribution in [0.2, 0.25) is 0 Å². The summed E-state index contributed by atoms with van der Waals surface area (Å²) in [6.07, 6.45) is 3.53. The number of nitrogens with zero attached hydrogens (tertiary/aromatic N) is 3. The zero-order chi connectivity index (χ0) is 27.4. The standard InChI is InChI=1S/C29H21N3O7/c1-39-29(36)20-11-4-5-12-21(20)31-27(34)22-23(28(31)35)25(26(33)17-8-6-9-18(15-17)32(37)38)30-14-13-16-7-2-3-10-19(16)24(22)30/h2-15,22-25H,1H3/t22-,23-,24-,25+/m1/s1. The summed E-state index contributed by atoms with van der Waals surface area (Å²) in [5, 5.41) is 11.4. The lowest BCUT2D eigenvalue weighted by Crippen LogP contribution is -2.44. The van der Waals surface area contributed by atoms with Crippen LogP contribution < -0.4 is 4.90 Å². The van der Waals surface area contributed by atoms with Crippen molar-refractivity contribution in [1.82, 2.24) is 4.90 Å². The van der Waals surface area contributed by atoms with Crippen LogP contribution in [0.5, 0.6) is 0 Å². The fraction of sp³-hybridized carbons (Fsp3) is 0.172. The number of nitro benzene ring substituents is 1. The van der Waals surface area contributed by atoms with Gasteiger partial charge in [0.2, 0.25) is 11.8 Å². The second-order valence-corrected chi connectivity index (χ2v) is 9.53. The van der Waals surface area contributed by atoms with Crippen molar-refractivity contribution in [3.8, 4) is 0 Å². The molecule has 2 amide bonds. The van der Waals surface area contributed by atoms with Gasteiger partial charge in [-0.2, -0.15) is 0 Å². The van der Waals surface area contributed by atoms with Crippen molar-refractivity contribution in [2.45, 2.75) is 12.1 Å². The number of amides is 2. The van der Waals surface area contributed by atoms with Gasteiger partial charge in [-0.25, -0.2) is 9.69 Å². The lowest BCUT2D eigenvalue weighted by atomic mass is 9.83. The van der Waals surface area contributed by atoms with Gasteiger partial charge in [-0.05, 0) is 29.3 Å². The Kier molecular flexibility index (Phi) is 5.60. The van der Waals surface area contributed by atoms with Gasteiger partial charge in [0, 0.05) is 23.9 Å². The first-order valence-electron chi connectivity index (χ1n) is 12.2. The summed E-state index contributed by atoms with van der Waals surface area (Å²) in [6, 6.07) is 17.2. The van der Waals surface area contributed by atoms with E-state index in [1.165, 1.54) is 43.5 Å². The van der Waals surface area contributed by atoms with Crippen LogP contribution in [0, 0.1) is 22.0 Å². The summed E-state index contributed by atoms with van der Waals surface area (Å²) >= 11 is 0. The van der Waals surface area contributed by atoms with Gasteiger partial charge in [0.1, 0.15) is 6.04 Å². The molecule has 0 radical (unpaired) electrons. The maximum Gasteiger partial charge on any atom is 0.339 e. The van der Waals surface area contributed by atoms with Crippen LogP contribution in [0.25, 0.3) is 6.08 Å². The Morgan fingerprint density at radius 2 is 1.64 bits per heavy atom. The van der Waals surface area contributed by atoms with Crippen LogP contribution >= 0.6 is 0 Å². The summed E-state index contributed by atoms with van der Waals surface area (Å²) in [7, 11) is 1.21. The maximum absolute atomic E-state index is 14.1. The summed E-state index contributed by atoms with van der Waals surface area (Å²) in [6.45, 7) is 0. The molecule has 10 heteroatoms. The second kappa shape index (κ2) is 9.02. The van der Waals surface area contributed by atoms with Gasteiger partial charge >= 0.3 is 5.97 Å². The highest BCUT2D eigenvalue weighted by molar-refractivity contribution is 6.26. The number of ketones is 1. The molecule has 3 aliphatic rings. The number of nitro groups is 1. The van der Waals surface area contributed by atoms with Gasteiger partial charge < -0.3 is 9.64 Å². The number of hydrogen-bond donors (Lipinski definition) is 0. The fourth-order valence-corrected chi connectivity index (χ4v) is 5.99. The van der Waals surface area contributed by atoms with Crippen LogP contribution in [0.4, 0.5) is 11.4 Å². The molecule has 3 aromatic rings. The Labute approximate surface area is 222 Å². The Morgan fingerprint density at radius 3 is 2.41 bits per heavy atom. The van der Waals surface area contributed by atoms with E-state index < -0.39 is 52.4 Å². The zero-order valence-corrected chi connectivity index (χ0v) is 20.6. The SMILES string of the molecule is COC(=O)c1ccccc1N1C(=O)[C@@H]2[C@@H](C1=O)[C@H]1c3ccccc3C=CN1[C@@H]2C(=O)c1cccc([N+](=O)[O-])c1. The molecule has 0 unspecified atom stereocenters. The lowest BCUT2D eigenvalue weighted by molar-refractivity contribution is -0.384. The van der Waals surface area contributed by atoms with Crippen molar-refractivity contribution in [1.29, 1.82) is 0 Å². The van der Waals surface area contributed by atoms with Gasteiger partial charge in [-0.15, -0.1) is 0 Å². The molecule has 3 heterocycles.